The van der Waals surface area contributed by atoms with E-state index in [1.165, 1.54) is 18.9 Å². The summed E-state index contributed by atoms with van der Waals surface area (Å²) in [5, 5.41) is 14.4. The van der Waals surface area contributed by atoms with Crippen LogP contribution in [-0.4, -0.2) is 33.2 Å². The van der Waals surface area contributed by atoms with Crippen LogP contribution in [0.5, 0.6) is 11.5 Å². The van der Waals surface area contributed by atoms with Crippen molar-refractivity contribution >= 4 is 23.4 Å². The summed E-state index contributed by atoms with van der Waals surface area (Å²) in [4.78, 5) is 33.4. The molecule has 0 amide bonds. The average Bonchev–Trinajstić information content (AvgIpc) is 2.66. The highest BCUT2D eigenvalue weighted by atomic mass is 32.2. The van der Waals surface area contributed by atoms with Gasteiger partial charge in [-0.2, -0.15) is 0 Å². The van der Waals surface area contributed by atoms with Gasteiger partial charge in [-0.05, 0) is 30.5 Å². The minimum Gasteiger partial charge on any atom is -0.504 e. The van der Waals surface area contributed by atoms with Gasteiger partial charge in [0.15, 0.2) is 22.4 Å². The Morgan fingerprint density at radius 3 is 2.76 bits per heavy atom. The third-order valence-corrected chi connectivity index (χ3v) is 6.01. The molecule has 2 aromatic rings. The molecule has 152 valence electrons. The predicted molar refractivity (Wildman–Crippen MR) is 112 cm³/mol. The number of hydrogen-bond acceptors (Lipinski definition) is 7. The number of fused-ring (bicyclic) bond motifs is 1. The summed E-state index contributed by atoms with van der Waals surface area (Å²) < 4.78 is 5.14. The summed E-state index contributed by atoms with van der Waals surface area (Å²) in [5.41, 5.74) is 2.18. The molecule has 1 unspecified atom stereocenters. The van der Waals surface area contributed by atoms with Crippen molar-refractivity contribution in [2.45, 2.75) is 49.4 Å². The zero-order valence-corrected chi connectivity index (χ0v) is 17.4. The molecule has 0 saturated heterocycles. The van der Waals surface area contributed by atoms with Crippen molar-refractivity contribution < 1.29 is 14.6 Å². The first kappa shape index (κ1) is 19.6. The van der Waals surface area contributed by atoms with Crippen LogP contribution >= 0.6 is 11.8 Å². The molecule has 29 heavy (non-hydrogen) atoms. The Kier molecular flexibility index (Phi) is 5.12. The summed E-state index contributed by atoms with van der Waals surface area (Å²) in [6, 6.07) is 4.98. The maximum absolute atomic E-state index is 13.1. The molecule has 2 heterocycles. The molecule has 0 saturated carbocycles. The Balaban J connectivity index is 1.92. The van der Waals surface area contributed by atoms with E-state index in [0.29, 0.717) is 39.8 Å². The van der Waals surface area contributed by atoms with Gasteiger partial charge in [0.1, 0.15) is 5.82 Å². The van der Waals surface area contributed by atoms with Crippen molar-refractivity contribution in [3.63, 3.8) is 0 Å². The van der Waals surface area contributed by atoms with Gasteiger partial charge in [-0.3, -0.25) is 9.59 Å². The van der Waals surface area contributed by atoms with E-state index in [4.69, 9.17) is 4.74 Å². The Labute approximate surface area is 172 Å². The van der Waals surface area contributed by atoms with Crippen LogP contribution in [0.4, 0.5) is 5.82 Å². The quantitative estimate of drug-likeness (QED) is 0.520. The number of rotatable bonds is 4. The van der Waals surface area contributed by atoms with E-state index in [0.717, 1.165) is 18.5 Å². The van der Waals surface area contributed by atoms with Gasteiger partial charge in [0.25, 0.3) is 5.56 Å². The molecular weight excluding hydrogens is 390 g/mol. The minimum absolute atomic E-state index is 0.0183. The van der Waals surface area contributed by atoms with Gasteiger partial charge in [0.2, 0.25) is 0 Å². The number of methoxy groups -OCH3 is 1. The molecule has 2 aliphatic rings. The molecule has 1 atom stereocenters. The van der Waals surface area contributed by atoms with Crippen molar-refractivity contribution in [3.8, 4) is 11.5 Å². The number of phenolic OH excluding ortho intramolecular Hbond substituents is 1. The Morgan fingerprint density at radius 1 is 1.28 bits per heavy atom. The number of aromatic amines is 1. The molecule has 1 aromatic heterocycles. The molecule has 0 bridgehead atoms. The normalized spacial score (nSPS) is 18.3. The molecule has 1 aromatic carbocycles. The number of benzene rings is 1. The number of aromatic nitrogens is 2. The smallest absolute Gasteiger partial charge is 0.257 e. The lowest BCUT2D eigenvalue weighted by molar-refractivity contribution is -0.116. The predicted octanol–water partition coefficient (Wildman–Crippen LogP) is 3.55. The lowest BCUT2D eigenvalue weighted by Crippen LogP contribution is -2.32. The summed E-state index contributed by atoms with van der Waals surface area (Å²) in [6.45, 7) is 4.06. The molecular formula is C21H23N3O4S. The van der Waals surface area contributed by atoms with Crippen LogP contribution in [0.25, 0.3) is 0 Å². The SMILES string of the molecule is COc1ccc(C2C3=C(CCCC3=O)Nc3nc(SC(C)C)[nH]c(=O)c32)cc1O. The van der Waals surface area contributed by atoms with Gasteiger partial charge >= 0.3 is 0 Å². The van der Waals surface area contributed by atoms with Crippen molar-refractivity contribution in [2.24, 2.45) is 0 Å². The van der Waals surface area contributed by atoms with Gasteiger partial charge in [-0.1, -0.05) is 31.7 Å². The topological polar surface area (TPSA) is 104 Å². The van der Waals surface area contributed by atoms with Crippen molar-refractivity contribution in [2.75, 3.05) is 12.4 Å². The lowest BCUT2D eigenvalue weighted by atomic mass is 9.76. The highest BCUT2D eigenvalue weighted by Crippen LogP contribution is 2.45. The third-order valence-electron chi connectivity index (χ3n) is 5.12. The fourth-order valence-corrected chi connectivity index (χ4v) is 4.68. The van der Waals surface area contributed by atoms with Gasteiger partial charge < -0.3 is 20.1 Å². The number of phenols is 1. The Morgan fingerprint density at radius 2 is 2.07 bits per heavy atom. The van der Waals surface area contributed by atoms with Crippen LogP contribution in [0.1, 0.15) is 50.2 Å². The molecule has 0 radical (unpaired) electrons. The number of ether oxygens (including phenoxy) is 1. The lowest BCUT2D eigenvalue weighted by Gasteiger charge is -2.33. The molecule has 3 N–H and O–H groups in total. The minimum atomic E-state index is -0.583. The van der Waals surface area contributed by atoms with Crippen molar-refractivity contribution in [1.82, 2.24) is 9.97 Å². The second-order valence-electron chi connectivity index (χ2n) is 7.46. The van der Waals surface area contributed by atoms with Crippen LogP contribution in [0.15, 0.2) is 39.4 Å². The number of carbonyl (C=O) groups excluding carboxylic acids is 1. The Bertz CT molecular complexity index is 1070. The molecule has 8 heteroatoms. The average molecular weight is 413 g/mol. The number of ketones is 1. The van der Waals surface area contributed by atoms with Gasteiger partial charge in [0, 0.05) is 28.9 Å². The first-order chi connectivity index (χ1) is 13.9. The van der Waals surface area contributed by atoms with Crippen molar-refractivity contribution in [3.05, 3.63) is 50.9 Å². The monoisotopic (exact) mass is 413 g/mol. The maximum Gasteiger partial charge on any atom is 0.257 e. The number of carbonyl (C=O) groups is 1. The molecule has 0 fully saturated rings. The second-order valence-corrected chi connectivity index (χ2v) is 9.02. The summed E-state index contributed by atoms with van der Waals surface area (Å²) in [5.74, 6) is 0.213. The first-order valence-electron chi connectivity index (χ1n) is 9.60. The number of aromatic hydroxyl groups is 1. The molecule has 4 rings (SSSR count). The first-order valence-corrected chi connectivity index (χ1v) is 10.5. The summed E-state index contributed by atoms with van der Waals surface area (Å²) >= 11 is 1.47. The van der Waals surface area contributed by atoms with Crippen LogP contribution in [0.2, 0.25) is 0 Å². The van der Waals surface area contributed by atoms with E-state index in [2.05, 4.69) is 15.3 Å². The van der Waals surface area contributed by atoms with Gasteiger partial charge in [-0.15, -0.1) is 0 Å². The van der Waals surface area contributed by atoms with E-state index in [1.807, 2.05) is 13.8 Å². The number of nitrogens with one attached hydrogen (secondary N) is 2. The van der Waals surface area contributed by atoms with E-state index in [1.54, 1.807) is 18.2 Å². The number of Topliss-reactive ketones (excluding diaryl/α,β-unsaturated/α-hetero) is 1. The van der Waals surface area contributed by atoms with E-state index in [9.17, 15) is 14.7 Å². The fraction of sp³-hybridized carbons (Fsp3) is 0.381. The number of allylic oxidation sites excluding steroid dienone is 2. The maximum atomic E-state index is 13.1. The second kappa shape index (κ2) is 7.59. The van der Waals surface area contributed by atoms with Gasteiger partial charge in [-0.25, -0.2) is 4.98 Å². The standard InChI is InChI=1S/C21H23N3O4S/c1-10(2)29-21-23-19-18(20(27)24-21)16(11-7-8-15(28-3)14(26)9-11)17-12(22-19)5-4-6-13(17)25/h7-10,16,26H,4-6H2,1-3H3,(H2,22,23,24,27). The number of hydrogen-bond donors (Lipinski definition) is 3. The number of anilines is 1. The molecule has 0 spiro atoms. The number of nitrogens with zero attached hydrogens (tertiary/aromatic N) is 1. The van der Waals surface area contributed by atoms with Crippen LogP contribution in [0, 0.1) is 0 Å². The third kappa shape index (κ3) is 3.53. The van der Waals surface area contributed by atoms with Gasteiger partial charge in [0.05, 0.1) is 12.7 Å². The molecule has 1 aliphatic heterocycles. The van der Waals surface area contributed by atoms with Crippen LogP contribution in [0.3, 0.4) is 0 Å². The highest BCUT2D eigenvalue weighted by molar-refractivity contribution is 7.99. The Hall–Kier alpha value is -2.74. The van der Waals surface area contributed by atoms with E-state index < -0.39 is 5.92 Å². The van der Waals surface area contributed by atoms with Crippen LogP contribution in [-0.2, 0) is 4.79 Å². The van der Waals surface area contributed by atoms with E-state index in [-0.39, 0.29) is 22.3 Å². The fourth-order valence-electron chi connectivity index (χ4n) is 3.94. The van der Waals surface area contributed by atoms with Crippen LogP contribution < -0.4 is 15.6 Å². The van der Waals surface area contributed by atoms with E-state index >= 15 is 0 Å². The largest absolute Gasteiger partial charge is 0.504 e. The molecule has 7 nitrogen and oxygen atoms in total. The zero-order chi connectivity index (χ0) is 20.7. The molecule has 1 aliphatic carbocycles. The number of thioether (sulfide) groups is 1. The highest BCUT2D eigenvalue weighted by Gasteiger charge is 2.38. The summed E-state index contributed by atoms with van der Waals surface area (Å²) in [7, 11) is 1.47. The summed E-state index contributed by atoms with van der Waals surface area (Å²) in [6.07, 6.45) is 1.93. The number of H-pyrrole nitrogens is 1. The van der Waals surface area contributed by atoms with Crippen molar-refractivity contribution in [1.29, 1.82) is 0 Å². The zero-order valence-electron chi connectivity index (χ0n) is 16.5.